The Morgan fingerprint density at radius 3 is 2.57 bits per heavy atom. The molecule has 0 spiro atoms. The van der Waals surface area contributed by atoms with Crippen molar-refractivity contribution in [3.8, 4) is 11.5 Å². The molecule has 30 heavy (non-hydrogen) atoms. The highest BCUT2D eigenvalue weighted by Crippen LogP contribution is 2.28. The molecule has 3 rings (SSSR count). The molecule has 1 aromatic heterocycles. The van der Waals surface area contributed by atoms with Crippen LogP contribution in [0.25, 0.3) is 0 Å². The van der Waals surface area contributed by atoms with Crippen LogP contribution in [0.3, 0.4) is 0 Å². The maximum atomic E-state index is 5.42. The van der Waals surface area contributed by atoms with Crippen molar-refractivity contribution in [3.05, 3.63) is 42.2 Å². The summed E-state index contributed by atoms with van der Waals surface area (Å²) in [5, 5.41) is 12.7. The van der Waals surface area contributed by atoms with Gasteiger partial charge in [0.05, 0.1) is 20.3 Å². The number of piperazine rings is 1. The Morgan fingerprint density at radius 1 is 1.13 bits per heavy atom. The van der Waals surface area contributed by atoms with E-state index in [0.717, 1.165) is 75.9 Å². The van der Waals surface area contributed by atoms with Crippen LogP contribution >= 0.6 is 0 Å². The average molecular weight is 415 g/mol. The molecule has 1 atom stereocenters. The number of hydrogen-bond donors (Lipinski definition) is 0. The molecule has 8 nitrogen and oxygen atoms in total. The predicted octanol–water partition coefficient (Wildman–Crippen LogP) is 2.58. The summed E-state index contributed by atoms with van der Waals surface area (Å²) in [5.41, 5.74) is 1.17. The van der Waals surface area contributed by atoms with Crippen LogP contribution in [0.5, 0.6) is 11.5 Å². The summed E-state index contributed by atoms with van der Waals surface area (Å²) >= 11 is 0. The summed E-state index contributed by atoms with van der Waals surface area (Å²) in [6.07, 6.45) is 4.95. The van der Waals surface area contributed by atoms with Crippen LogP contribution in [0, 0.1) is 0 Å². The molecule has 0 radical (unpaired) electrons. The van der Waals surface area contributed by atoms with Crippen molar-refractivity contribution in [2.45, 2.75) is 38.8 Å². The Kier molecular flexibility index (Phi) is 8.21. The van der Waals surface area contributed by atoms with Crippen LogP contribution in [0.4, 0.5) is 0 Å². The van der Waals surface area contributed by atoms with Gasteiger partial charge in [-0.25, -0.2) is 4.68 Å². The number of aromatic nitrogens is 4. The number of aryl methyl sites for hydroxylation is 2. The fraction of sp³-hybridized carbons (Fsp3) is 0.591. The smallest absolute Gasteiger partial charge is 0.168 e. The van der Waals surface area contributed by atoms with Gasteiger partial charge < -0.3 is 9.47 Å². The summed E-state index contributed by atoms with van der Waals surface area (Å²) in [5.74, 6) is 2.45. The maximum Gasteiger partial charge on any atom is 0.168 e. The van der Waals surface area contributed by atoms with E-state index >= 15 is 0 Å². The van der Waals surface area contributed by atoms with Gasteiger partial charge in [0.25, 0.3) is 0 Å². The van der Waals surface area contributed by atoms with Gasteiger partial charge in [0, 0.05) is 39.3 Å². The fourth-order valence-corrected chi connectivity index (χ4v) is 4.07. The van der Waals surface area contributed by atoms with E-state index in [4.69, 9.17) is 9.47 Å². The molecule has 0 amide bonds. The first-order valence-corrected chi connectivity index (χ1v) is 10.7. The minimum absolute atomic E-state index is 0.251. The quantitative estimate of drug-likeness (QED) is 0.524. The molecular weight excluding hydrogens is 380 g/mol. The molecule has 0 aliphatic carbocycles. The SMILES string of the molecule is C=CCN1CCN(C(CCC)c2nnnn2CCc2ccc(OC)c(OC)c2)CC1. The molecule has 0 N–H and O–H groups in total. The minimum Gasteiger partial charge on any atom is -0.493 e. The molecule has 1 unspecified atom stereocenters. The van der Waals surface area contributed by atoms with Crippen LogP contribution in [-0.4, -0.2) is 77.0 Å². The van der Waals surface area contributed by atoms with Crippen molar-refractivity contribution < 1.29 is 9.47 Å². The van der Waals surface area contributed by atoms with Crippen LogP contribution in [-0.2, 0) is 13.0 Å². The average Bonchev–Trinajstić information content (AvgIpc) is 3.25. The minimum atomic E-state index is 0.251. The lowest BCUT2D eigenvalue weighted by molar-refractivity contribution is 0.0920. The highest BCUT2D eigenvalue weighted by atomic mass is 16.5. The summed E-state index contributed by atoms with van der Waals surface area (Å²) < 4.78 is 12.7. The van der Waals surface area contributed by atoms with E-state index in [0.29, 0.717) is 0 Å². The van der Waals surface area contributed by atoms with Crippen LogP contribution in [0.1, 0.15) is 37.2 Å². The number of nitrogens with zero attached hydrogens (tertiary/aromatic N) is 6. The van der Waals surface area contributed by atoms with E-state index in [9.17, 15) is 0 Å². The predicted molar refractivity (Wildman–Crippen MR) is 117 cm³/mol. The highest BCUT2D eigenvalue weighted by Gasteiger charge is 2.28. The molecule has 1 saturated heterocycles. The summed E-state index contributed by atoms with van der Waals surface area (Å²) in [6.45, 7) is 11.9. The van der Waals surface area contributed by atoms with Crippen LogP contribution < -0.4 is 9.47 Å². The lowest BCUT2D eigenvalue weighted by Gasteiger charge is -2.38. The van der Waals surface area contributed by atoms with Crippen molar-refractivity contribution in [3.63, 3.8) is 0 Å². The van der Waals surface area contributed by atoms with Crippen molar-refractivity contribution in [1.82, 2.24) is 30.0 Å². The largest absolute Gasteiger partial charge is 0.493 e. The van der Waals surface area contributed by atoms with Crippen molar-refractivity contribution >= 4 is 0 Å². The zero-order valence-corrected chi connectivity index (χ0v) is 18.5. The molecule has 2 heterocycles. The third-order valence-electron chi connectivity index (χ3n) is 5.71. The second kappa shape index (κ2) is 11.1. The molecular formula is C22H34N6O2. The number of benzene rings is 1. The van der Waals surface area contributed by atoms with Crippen molar-refractivity contribution in [2.24, 2.45) is 0 Å². The second-order valence-corrected chi connectivity index (χ2v) is 7.63. The lowest BCUT2D eigenvalue weighted by Crippen LogP contribution is -2.48. The van der Waals surface area contributed by atoms with Gasteiger partial charge in [0.15, 0.2) is 17.3 Å². The Morgan fingerprint density at radius 2 is 1.90 bits per heavy atom. The van der Waals surface area contributed by atoms with Gasteiger partial charge in [0.1, 0.15) is 0 Å². The van der Waals surface area contributed by atoms with E-state index in [2.05, 4.69) is 44.9 Å². The number of rotatable bonds is 11. The van der Waals surface area contributed by atoms with E-state index in [1.807, 2.05) is 22.9 Å². The standard InChI is InChI=1S/C22H34N6O2/c1-5-7-19(27-15-13-26(11-6-2)14-16-27)22-23-24-25-28(22)12-10-18-8-9-20(29-3)21(17-18)30-4/h6,8-9,17,19H,2,5,7,10-16H2,1,3-4H3. The summed E-state index contributed by atoms with van der Waals surface area (Å²) in [6, 6.07) is 6.28. The van der Waals surface area contributed by atoms with E-state index in [1.54, 1.807) is 14.2 Å². The third-order valence-corrected chi connectivity index (χ3v) is 5.71. The topological polar surface area (TPSA) is 68.5 Å². The van der Waals surface area contributed by atoms with Crippen molar-refractivity contribution in [2.75, 3.05) is 46.9 Å². The summed E-state index contributed by atoms with van der Waals surface area (Å²) in [7, 11) is 3.31. The number of tetrazole rings is 1. The van der Waals surface area contributed by atoms with E-state index < -0.39 is 0 Å². The van der Waals surface area contributed by atoms with Crippen molar-refractivity contribution in [1.29, 1.82) is 0 Å². The molecule has 1 aromatic carbocycles. The molecule has 1 fully saturated rings. The molecule has 8 heteroatoms. The monoisotopic (exact) mass is 414 g/mol. The Balaban J connectivity index is 1.68. The van der Waals surface area contributed by atoms with E-state index in [-0.39, 0.29) is 6.04 Å². The zero-order chi connectivity index (χ0) is 21.3. The van der Waals surface area contributed by atoms with Gasteiger partial charge in [-0.1, -0.05) is 25.5 Å². The Bertz CT molecular complexity index is 801. The molecule has 2 aromatic rings. The highest BCUT2D eigenvalue weighted by molar-refractivity contribution is 5.42. The third kappa shape index (κ3) is 5.37. The maximum absolute atomic E-state index is 5.42. The Labute approximate surface area is 179 Å². The first-order valence-electron chi connectivity index (χ1n) is 10.7. The molecule has 0 bridgehead atoms. The molecule has 1 aliphatic rings. The van der Waals surface area contributed by atoms with Crippen LogP contribution in [0.2, 0.25) is 0 Å². The van der Waals surface area contributed by atoms with Gasteiger partial charge in [-0.3, -0.25) is 9.80 Å². The Hall–Kier alpha value is -2.45. The van der Waals surface area contributed by atoms with Gasteiger partial charge >= 0.3 is 0 Å². The number of ether oxygens (including phenoxy) is 2. The number of methoxy groups -OCH3 is 2. The first-order chi connectivity index (χ1) is 14.7. The van der Waals surface area contributed by atoms with Gasteiger partial charge in [-0.05, 0) is 41.0 Å². The van der Waals surface area contributed by atoms with Gasteiger partial charge in [-0.2, -0.15) is 0 Å². The summed E-state index contributed by atoms with van der Waals surface area (Å²) in [4.78, 5) is 4.97. The zero-order valence-electron chi connectivity index (χ0n) is 18.5. The van der Waals surface area contributed by atoms with Gasteiger partial charge in [0.2, 0.25) is 0 Å². The van der Waals surface area contributed by atoms with E-state index in [1.165, 1.54) is 5.56 Å². The van der Waals surface area contributed by atoms with Gasteiger partial charge in [-0.15, -0.1) is 11.7 Å². The molecule has 164 valence electrons. The first kappa shape index (κ1) is 22.2. The molecule has 0 saturated carbocycles. The number of hydrogen-bond acceptors (Lipinski definition) is 7. The fourth-order valence-electron chi connectivity index (χ4n) is 4.07. The lowest BCUT2D eigenvalue weighted by atomic mass is 10.1. The van der Waals surface area contributed by atoms with Crippen LogP contribution in [0.15, 0.2) is 30.9 Å². The normalized spacial score (nSPS) is 16.4. The second-order valence-electron chi connectivity index (χ2n) is 7.63. The molecule has 1 aliphatic heterocycles.